The van der Waals surface area contributed by atoms with Gasteiger partial charge in [-0.15, -0.1) is 0 Å². The van der Waals surface area contributed by atoms with E-state index in [4.69, 9.17) is 32.7 Å². The summed E-state index contributed by atoms with van der Waals surface area (Å²) < 4.78 is 23.8. The predicted molar refractivity (Wildman–Crippen MR) is 125 cm³/mol. The third-order valence-corrected chi connectivity index (χ3v) is 6.15. The van der Waals surface area contributed by atoms with E-state index in [2.05, 4.69) is 11.8 Å². The Morgan fingerprint density at radius 3 is 2.30 bits per heavy atom. The van der Waals surface area contributed by atoms with Crippen molar-refractivity contribution in [3.05, 3.63) is 63.4 Å². The topological polar surface area (TPSA) is 59.1 Å². The first-order chi connectivity index (χ1) is 15.7. The predicted octanol–water partition coefficient (Wildman–Crippen LogP) is 4.81. The molecule has 1 aliphatic heterocycles. The van der Waals surface area contributed by atoms with E-state index in [0.29, 0.717) is 19.6 Å². The van der Waals surface area contributed by atoms with Crippen molar-refractivity contribution < 1.29 is 23.5 Å². The van der Waals surface area contributed by atoms with Gasteiger partial charge in [0.25, 0.3) is 5.91 Å². The van der Waals surface area contributed by atoms with Crippen LogP contribution in [-0.4, -0.2) is 60.1 Å². The molecule has 3 rings (SSSR count). The SMILES string of the molecule is CCOC(=O)c1cc(Cl)c(OCC(=O)N2CC(C)N(Cc3ccc(F)cc3)C[C@@H]2C)c(Cl)c1. The number of ether oxygens (including phenoxy) is 2. The Kier molecular flexibility index (Phi) is 8.57. The molecule has 2 aromatic rings. The van der Waals surface area contributed by atoms with Crippen LogP contribution in [0.1, 0.15) is 36.7 Å². The first-order valence-electron chi connectivity index (χ1n) is 10.8. The highest BCUT2D eigenvalue weighted by Crippen LogP contribution is 2.34. The van der Waals surface area contributed by atoms with Crippen LogP contribution < -0.4 is 4.74 Å². The fourth-order valence-corrected chi connectivity index (χ4v) is 4.43. The molecule has 2 aromatic carbocycles. The van der Waals surface area contributed by atoms with Crippen molar-refractivity contribution in [2.24, 2.45) is 0 Å². The Labute approximate surface area is 203 Å². The van der Waals surface area contributed by atoms with E-state index in [9.17, 15) is 14.0 Å². The molecule has 1 fully saturated rings. The summed E-state index contributed by atoms with van der Waals surface area (Å²) in [6, 6.07) is 9.36. The van der Waals surface area contributed by atoms with Crippen molar-refractivity contribution in [2.45, 2.75) is 39.4 Å². The van der Waals surface area contributed by atoms with Crippen LogP contribution in [0, 0.1) is 5.82 Å². The van der Waals surface area contributed by atoms with Gasteiger partial charge in [0.2, 0.25) is 0 Å². The third kappa shape index (κ3) is 6.37. The highest BCUT2D eigenvalue weighted by Gasteiger charge is 2.32. The maximum Gasteiger partial charge on any atom is 0.338 e. The van der Waals surface area contributed by atoms with Crippen LogP contribution >= 0.6 is 23.2 Å². The number of halogens is 3. The Bertz CT molecular complexity index is 979. The van der Waals surface area contributed by atoms with E-state index in [1.807, 2.05) is 6.92 Å². The van der Waals surface area contributed by atoms with Gasteiger partial charge in [-0.1, -0.05) is 35.3 Å². The van der Waals surface area contributed by atoms with E-state index in [-0.39, 0.29) is 58.4 Å². The van der Waals surface area contributed by atoms with Crippen LogP contribution in [0.5, 0.6) is 5.75 Å². The van der Waals surface area contributed by atoms with E-state index in [1.165, 1.54) is 24.3 Å². The van der Waals surface area contributed by atoms with Crippen LogP contribution in [-0.2, 0) is 16.1 Å². The summed E-state index contributed by atoms with van der Waals surface area (Å²) in [5, 5.41) is 0.257. The smallest absolute Gasteiger partial charge is 0.338 e. The minimum atomic E-state index is -0.537. The Balaban J connectivity index is 1.60. The number of amides is 1. The second kappa shape index (κ2) is 11.2. The summed E-state index contributed by atoms with van der Waals surface area (Å²) in [7, 11) is 0. The zero-order valence-electron chi connectivity index (χ0n) is 18.8. The van der Waals surface area contributed by atoms with E-state index >= 15 is 0 Å². The number of nitrogens with zero attached hydrogens (tertiary/aromatic N) is 2. The summed E-state index contributed by atoms with van der Waals surface area (Å²) in [5.74, 6) is -0.829. The Hall–Kier alpha value is -2.35. The quantitative estimate of drug-likeness (QED) is 0.514. The summed E-state index contributed by atoms with van der Waals surface area (Å²) >= 11 is 12.5. The van der Waals surface area contributed by atoms with Crippen LogP contribution in [0.25, 0.3) is 0 Å². The van der Waals surface area contributed by atoms with Gasteiger partial charge in [-0.3, -0.25) is 9.69 Å². The lowest BCUT2D eigenvalue weighted by Gasteiger charge is -2.44. The van der Waals surface area contributed by atoms with Gasteiger partial charge in [0, 0.05) is 31.7 Å². The zero-order chi connectivity index (χ0) is 24.1. The zero-order valence-corrected chi connectivity index (χ0v) is 20.3. The number of esters is 1. The lowest BCUT2D eigenvalue weighted by atomic mass is 10.1. The van der Waals surface area contributed by atoms with Gasteiger partial charge in [-0.25, -0.2) is 9.18 Å². The number of rotatable bonds is 7. The second-order valence-corrected chi connectivity index (χ2v) is 8.89. The highest BCUT2D eigenvalue weighted by atomic mass is 35.5. The number of benzene rings is 2. The molecule has 0 saturated carbocycles. The molecule has 0 spiro atoms. The van der Waals surface area contributed by atoms with Crippen molar-refractivity contribution in [3.63, 3.8) is 0 Å². The van der Waals surface area contributed by atoms with Crippen molar-refractivity contribution in [1.29, 1.82) is 0 Å². The summed E-state index contributed by atoms with van der Waals surface area (Å²) in [4.78, 5) is 28.8. The fourth-order valence-electron chi connectivity index (χ4n) is 3.84. The number of carbonyl (C=O) groups excluding carboxylic acids is 2. The van der Waals surface area contributed by atoms with Crippen molar-refractivity contribution >= 4 is 35.1 Å². The minimum Gasteiger partial charge on any atom is -0.481 e. The number of piperazine rings is 1. The number of hydrogen-bond acceptors (Lipinski definition) is 5. The van der Waals surface area contributed by atoms with E-state index < -0.39 is 5.97 Å². The van der Waals surface area contributed by atoms with Gasteiger partial charge in [-0.05, 0) is 50.6 Å². The minimum absolute atomic E-state index is 0.0325. The van der Waals surface area contributed by atoms with Gasteiger partial charge in [0.05, 0.1) is 22.2 Å². The van der Waals surface area contributed by atoms with Gasteiger partial charge in [0.15, 0.2) is 12.4 Å². The lowest BCUT2D eigenvalue weighted by Crippen LogP contribution is -2.58. The summed E-state index contributed by atoms with van der Waals surface area (Å²) in [6.45, 7) is 7.64. The molecular formula is C24H27Cl2FN2O4. The highest BCUT2D eigenvalue weighted by molar-refractivity contribution is 6.37. The molecule has 1 saturated heterocycles. The molecule has 1 heterocycles. The van der Waals surface area contributed by atoms with Crippen molar-refractivity contribution in [2.75, 3.05) is 26.3 Å². The molecule has 0 aromatic heterocycles. The van der Waals surface area contributed by atoms with Gasteiger partial charge >= 0.3 is 5.97 Å². The molecule has 1 aliphatic rings. The first kappa shape index (κ1) is 25.3. The number of carbonyl (C=O) groups is 2. The molecule has 0 radical (unpaired) electrons. The number of hydrogen-bond donors (Lipinski definition) is 0. The molecular weight excluding hydrogens is 470 g/mol. The van der Waals surface area contributed by atoms with Gasteiger partial charge < -0.3 is 14.4 Å². The maximum atomic E-state index is 13.2. The standard InChI is InChI=1S/C24H27Cl2FN2O4/c1-4-32-24(31)18-9-20(25)23(21(26)10-18)33-14-22(30)29-12-15(2)28(11-16(29)3)13-17-5-7-19(27)8-6-17/h5-10,15-16H,4,11-14H2,1-3H3/t15?,16-/m0/s1. The van der Waals surface area contributed by atoms with Crippen LogP contribution in [0.15, 0.2) is 36.4 Å². The van der Waals surface area contributed by atoms with Crippen LogP contribution in [0.3, 0.4) is 0 Å². The fraction of sp³-hybridized carbons (Fsp3) is 0.417. The molecule has 9 heteroatoms. The molecule has 0 bridgehead atoms. The van der Waals surface area contributed by atoms with Crippen molar-refractivity contribution in [1.82, 2.24) is 9.80 Å². The largest absolute Gasteiger partial charge is 0.481 e. The molecule has 6 nitrogen and oxygen atoms in total. The molecule has 178 valence electrons. The normalized spacial score (nSPS) is 18.8. The third-order valence-electron chi connectivity index (χ3n) is 5.58. The summed E-state index contributed by atoms with van der Waals surface area (Å²) in [5.41, 5.74) is 1.24. The monoisotopic (exact) mass is 496 g/mol. The van der Waals surface area contributed by atoms with Crippen LogP contribution in [0.4, 0.5) is 4.39 Å². The molecule has 33 heavy (non-hydrogen) atoms. The van der Waals surface area contributed by atoms with Gasteiger partial charge in [0.1, 0.15) is 5.82 Å². The second-order valence-electron chi connectivity index (χ2n) is 8.08. The lowest BCUT2D eigenvalue weighted by molar-refractivity contribution is -0.139. The van der Waals surface area contributed by atoms with E-state index in [0.717, 1.165) is 5.56 Å². The molecule has 0 N–H and O–H groups in total. The maximum absolute atomic E-state index is 13.2. The van der Waals surface area contributed by atoms with Gasteiger partial charge in [-0.2, -0.15) is 0 Å². The summed E-state index contributed by atoms with van der Waals surface area (Å²) in [6.07, 6.45) is 0. The van der Waals surface area contributed by atoms with Crippen LogP contribution in [0.2, 0.25) is 10.0 Å². The van der Waals surface area contributed by atoms with E-state index in [1.54, 1.807) is 24.0 Å². The molecule has 2 atom stereocenters. The molecule has 1 unspecified atom stereocenters. The average Bonchev–Trinajstić information content (AvgIpc) is 2.76. The first-order valence-corrected chi connectivity index (χ1v) is 11.5. The Morgan fingerprint density at radius 1 is 1.06 bits per heavy atom. The van der Waals surface area contributed by atoms with Crippen molar-refractivity contribution in [3.8, 4) is 5.75 Å². The molecule has 0 aliphatic carbocycles. The average molecular weight is 497 g/mol. The Morgan fingerprint density at radius 2 is 1.70 bits per heavy atom. The molecule has 1 amide bonds.